The van der Waals surface area contributed by atoms with Crippen LogP contribution in [0.2, 0.25) is 0 Å². The number of carbonyl (C=O) groups is 3. The van der Waals surface area contributed by atoms with E-state index in [9.17, 15) is 19.5 Å². The van der Waals surface area contributed by atoms with Gasteiger partial charge in [0.25, 0.3) is 11.8 Å². The number of carbonyl (C=O) groups excluding carboxylic acids is 3. The topological polar surface area (TPSA) is 158 Å². The van der Waals surface area contributed by atoms with Crippen molar-refractivity contribution in [1.82, 2.24) is 14.8 Å². The van der Waals surface area contributed by atoms with Gasteiger partial charge in [-0.1, -0.05) is 48.5 Å². The van der Waals surface area contributed by atoms with Crippen LogP contribution in [0, 0.1) is 5.82 Å². The molecule has 0 atom stereocenters. The maximum atomic E-state index is 15.1. The zero-order valence-electron chi connectivity index (χ0n) is 25.7. The smallest absolute Gasteiger partial charge is 0.410 e. The molecule has 46 heavy (non-hydrogen) atoms. The minimum atomic E-state index is -1.22. The number of pyridine rings is 1. The van der Waals surface area contributed by atoms with Crippen LogP contribution in [0.3, 0.4) is 0 Å². The van der Waals surface area contributed by atoms with E-state index < -0.39 is 35.9 Å². The van der Waals surface area contributed by atoms with Crippen molar-refractivity contribution in [2.45, 2.75) is 32.5 Å². The lowest BCUT2D eigenvalue weighted by Gasteiger charge is -2.23. The number of aliphatic hydroxyl groups excluding tert-OH is 1. The third-order valence-electron chi connectivity index (χ3n) is 6.99. The van der Waals surface area contributed by atoms with E-state index in [1.54, 1.807) is 44.2 Å². The quantitative estimate of drug-likeness (QED) is 0.164. The Bertz CT molecular complexity index is 1690. The van der Waals surface area contributed by atoms with Gasteiger partial charge < -0.3 is 30.9 Å². The minimum absolute atomic E-state index is 0.0288. The third kappa shape index (κ3) is 8.87. The standard InChI is InChI=1S/C33H36FN5O6S/c1-33(2,44)22-12-13-24(26(34)16-22)27-17-25(30(35)42)31(46-27)37-28-11-7-10-23(36-28)19-39(18-21-8-5-4-6-9-21)32(43)45-20-29(41)38(3)14-15-40/h4-13,16-17,40,44H,14-15,18-20H2,1-3H3,(H2,35,42)(H,36,37). The highest BCUT2D eigenvalue weighted by molar-refractivity contribution is 7.20. The lowest BCUT2D eigenvalue weighted by Crippen LogP contribution is -2.37. The number of nitrogens with zero attached hydrogens (tertiary/aromatic N) is 3. The SMILES string of the molecule is CN(CCO)C(=O)COC(=O)N(Cc1ccccc1)Cc1cccc(Nc2sc(-c3ccc(C(C)(C)O)cc3F)cc2C(N)=O)n1. The van der Waals surface area contributed by atoms with E-state index in [0.717, 1.165) is 16.9 Å². The molecule has 2 aromatic carbocycles. The highest BCUT2D eigenvalue weighted by Gasteiger charge is 2.22. The first-order valence-electron chi connectivity index (χ1n) is 14.4. The molecule has 0 fully saturated rings. The molecule has 0 aliphatic heterocycles. The Morgan fingerprint density at radius 3 is 2.43 bits per heavy atom. The molecule has 0 unspecified atom stereocenters. The van der Waals surface area contributed by atoms with Crippen molar-refractivity contribution >= 4 is 40.1 Å². The Labute approximate surface area is 270 Å². The molecular formula is C33H36FN5O6S. The molecule has 0 saturated heterocycles. The van der Waals surface area contributed by atoms with Gasteiger partial charge in [0.1, 0.15) is 16.6 Å². The van der Waals surface area contributed by atoms with E-state index in [2.05, 4.69) is 10.3 Å². The largest absolute Gasteiger partial charge is 0.439 e. The molecular weight excluding hydrogens is 613 g/mol. The Morgan fingerprint density at radius 1 is 1.04 bits per heavy atom. The number of halogens is 1. The first kappa shape index (κ1) is 34.0. The number of ether oxygens (including phenoxy) is 1. The summed E-state index contributed by atoms with van der Waals surface area (Å²) in [6, 6.07) is 20.3. The molecule has 2 heterocycles. The molecule has 242 valence electrons. The van der Waals surface area contributed by atoms with Crippen LogP contribution in [0.25, 0.3) is 10.4 Å². The molecule has 0 saturated carbocycles. The maximum absolute atomic E-state index is 15.1. The zero-order valence-corrected chi connectivity index (χ0v) is 26.5. The van der Waals surface area contributed by atoms with Crippen molar-refractivity contribution in [3.63, 3.8) is 0 Å². The van der Waals surface area contributed by atoms with Crippen molar-refractivity contribution in [2.24, 2.45) is 5.73 Å². The van der Waals surface area contributed by atoms with E-state index in [4.69, 9.17) is 15.6 Å². The van der Waals surface area contributed by atoms with Crippen LogP contribution < -0.4 is 11.1 Å². The number of anilines is 2. The molecule has 2 aromatic heterocycles. The number of hydrogen-bond donors (Lipinski definition) is 4. The van der Waals surface area contributed by atoms with Crippen molar-refractivity contribution in [1.29, 1.82) is 0 Å². The molecule has 0 aliphatic carbocycles. The number of aromatic nitrogens is 1. The van der Waals surface area contributed by atoms with E-state index in [-0.39, 0.29) is 37.4 Å². The molecule has 0 radical (unpaired) electrons. The highest BCUT2D eigenvalue weighted by Crippen LogP contribution is 2.38. The second-order valence-corrected chi connectivity index (χ2v) is 12.1. The summed E-state index contributed by atoms with van der Waals surface area (Å²) in [7, 11) is 1.50. The van der Waals surface area contributed by atoms with E-state index in [1.807, 2.05) is 30.3 Å². The normalized spacial score (nSPS) is 11.2. The van der Waals surface area contributed by atoms with Crippen LogP contribution in [0.4, 0.5) is 20.0 Å². The molecule has 5 N–H and O–H groups in total. The summed E-state index contributed by atoms with van der Waals surface area (Å²) in [5, 5.41) is 22.7. The maximum Gasteiger partial charge on any atom is 0.410 e. The van der Waals surface area contributed by atoms with Gasteiger partial charge in [0.2, 0.25) is 0 Å². The average Bonchev–Trinajstić information content (AvgIpc) is 3.43. The Morgan fingerprint density at radius 2 is 1.78 bits per heavy atom. The van der Waals surface area contributed by atoms with Crippen LogP contribution in [-0.4, -0.2) is 69.7 Å². The Hall–Kier alpha value is -4.85. The minimum Gasteiger partial charge on any atom is -0.439 e. The monoisotopic (exact) mass is 649 g/mol. The number of nitrogens with one attached hydrogen (secondary N) is 1. The summed E-state index contributed by atoms with van der Waals surface area (Å²) >= 11 is 1.11. The van der Waals surface area contributed by atoms with Crippen molar-refractivity contribution in [2.75, 3.05) is 32.1 Å². The Kier molecular flexibility index (Phi) is 11.1. The number of benzene rings is 2. The van der Waals surface area contributed by atoms with Crippen LogP contribution >= 0.6 is 11.3 Å². The second kappa shape index (κ2) is 15.0. The number of rotatable bonds is 13. The van der Waals surface area contributed by atoms with Crippen molar-refractivity contribution in [3.05, 3.63) is 101 Å². The van der Waals surface area contributed by atoms with Gasteiger partial charge in [0, 0.05) is 30.6 Å². The van der Waals surface area contributed by atoms with Gasteiger partial charge in [0.05, 0.1) is 30.0 Å². The second-order valence-electron chi connectivity index (χ2n) is 11.0. The fourth-order valence-corrected chi connectivity index (χ4v) is 5.53. The summed E-state index contributed by atoms with van der Waals surface area (Å²) in [4.78, 5) is 45.4. The fourth-order valence-electron chi connectivity index (χ4n) is 4.43. The summed E-state index contributed by atoms with van der Waals surface area (Å²) < 4.78 is 20.4. The summed E-state index contributed by atoms with van der Waals surface area (Å²) in [5.74, 6) is -1.39. The Balaban J connectivity index is 1.55. The van der Waals surface area contributed by atoms with E-state index in [1.165, 1.54) is 29.0 Å². The van der Waals surface area contributed by atoms with Gasteiger partial charge >= 0.3 is 6.09 Å². The highest BCUT2D eigenvalue weighted by atomic mass is 32.1. The zero-order chi connectivity index (χ0) is 33.4. The number of aliphatic hydroxyl groups is 2. The predicted octanol–water partition coefficient (Wildman–Crippen LogP) is 4.61. The number of amides is 3. The molecule has 0 bridgehead atoms. The third-order valence-corrected chi connectivity index (χ3v) is 8.08. The summed E-state index contributed by atoms with van der Waals surface area (Å²) in [6.07, 6.45) is -0.730. The fraction of sp³-hybridized carbons (Fsp3) is 0.273. The molecule has 13 heteroatoms. The van der Waals surface area contributed by atoms with Gasteiger partial charge in [-0.05, 0) is 49.2 Å². The lowest BCUT2D eigenvalue weighted by molar-refractivity contribution is -0.133. The van der Waals surface area contributed by atoms with E-state index >= 15 is 4.39 Å². The number of nitrogens with two attached hydrogens (primary N) is 1. The number of primary amides is 1. The van der Waals surface area contributed by atoms with Gasteiger partial charge in [-0.25, -0.2) is 14.2 Å². The van der Waals surface area contributed by atoms with Gasteiger partial charge in [-0.2, -0.15) is 0 Å². The molecule has 0 aliphatic rings. The number of hydrogen-bond acceptors (Lipinski definition) is 9. The lowest BCUT2D eigenvalue weighted by atomic mass is 9.96. The van der Waals surface area contributed by atoms with Gasteiger partial charge in [-0.3, -0.25) is 14.5 Å². The van der Waals surface area contributed by atoms with Gasteiger partial charge in [-0.15, -0.1) is 11.3 Å². The van der Waals surface area contributed by atoms with Crippen molar-refractivity contribution in [3.8, 4) is 10.4 Å². The first-order valence-corrected chi connectivity index (χ1v) is 15.2. The van der Waals surface area contributed by atoms with Crippen LogP contribution in [0.1, 0.15) is 41.0 Å². The summed E-state index contributed by atoms with van der Waals surface area (Å²) in [5.41, 5.74) is 6.53. The summed E-state index contributed by atoms with van der Waals surface area (Å²) in [6.45, 7) is 2.73. The molecule has 11 nitrogen and oxygen atoms in total. The number of thiophene rings is 1. The van der Waals surface area contributed by atoms with Crippen LogP contribution in [-0.2, 0) is 28.2 Å². The number of likely N-dealkylation sites (N-methyl/N-ethyl adjacent to an activating group) is 1. The van der Waals surface area contributed by atoms with Crippen molar-refractivity contribution < 1.29 is 33.7 Å². The van der Waals surface area contributed by atoms with E-state index in [0.29, 0.717) is 27.0 Å². The average molecular weight is 650 g/mol. The molecule has 3 amide bonds. The van der Waals surface area contributed by atoms with Gasteiger partial charge in [0.15, 0.2) is 6.61 Å². The molecule has 0 spiro atoms. The van der Waals surface area contributed by atoms with Crippen LogP contribution in [0.15, 0.2) is 72.8 Å². The first-order chi connectivity index (χ1) is 21.8. The predicted molar refractivity (Wildman–Crippen MR) is 173 cm³/mol. The molecule has 4 rings (SSSR count). The molecule has 4 aromatic rings. The van der Waals surface area contributed by atoms with Crippen LogP contribution in [0.5, 0.6) is 0 Å².